The van der Waals surface area contributed by atoms with E-state index < -0.39 is 0 Å². The average molecular weight is 255 g/mol. The molecule has 0 unspecified atom stereocenters. The fourth-order valence-electron chi connectivity index (χ4n) is 1.21. The Balaban J connectivity index is 2.16. The summed E-state index contributed by atoms with van der Waals surface area (Å²) in [4.78, 5) is 6.32. The van der Waals surface area contributed by atoms with Crippen LogP contribution in [0, 0.1) is 0 Å². The van der Waals surface area contributed by atoms with Gasteiger partial charge in [-0.25, -0.2) is 9.99 Å². The molecule has 0 saturated carbocycles. The van der Waals surface area contributed by atoms with E-state index in [9.17, 15) is 0 Å². The molecule has 1 aromatic heterocycles. The van der Waals surface area contributed by atoms with Gasteiger partial charge in [-0.05, 0) is 28.1 Å². The number of rotatable bonds is 1. The number of hydrogen-bond donors (Lipinski definition) is 0. The van der Waals surface area contributed by atoms with Crippen LogP contribution in [0.3, 0.4) is 0 Å². The van der Waals surface area contributed by atoms with E-state index in [1.165, 1.54) is 0 Å². The zero-order chi connectivity index (χ0) is 9.97. The lowest BCUT2D eigenvalue weighted by molar-refractivity contribution is 0.491. The van der Waals surface area contributed by atoms with Crippen molar-refractivity contribution >= 4 is 28.1 Å². The van der Waals surface area contributed by atoms with Gasteiger partial charge in [-0.2, -0.15) is 5.10 Å². The first kappa shape index (κ1) is 9.45. The Bertz CT molecular complexity index is 335. The second-order valence-electron chi connectivity index (χ2n) is 3.17. The first-order valence-electron chi connectivity index (χ1n) is 4.39. The van der Waals surface area contributed by atoms with Gasteiger partial charge < -0.3 is 4.90 Å². The van der Waals surface area contributed by atoms with Crippen LogP contribution in [0.4, 0.5) is 5.82 Å². The molecule has 0 radical (unpaired) electrons. The summed E-state index contributed by atoms with van der Waals surface area (Å²) in [7, 11) is 2.01. The number of aromatic nitrogens is 1. The first-order valence-corrected chi connectivity index (χ1v) is 5.18. The van der Waals surface area contributed by atoms with Gasteiger partial charge in [0.1, 0.15) is 12.2 Å². The third-order valence-electron chi connectivity index (χ3n) is 2.03. The van der Waals surface area contributed by atoms with Gasteiger partial charge in [0.05, 0.1) is 6.54 Å². The molecule has 0 saturated heterocycles. The maximum atomic E-state index is 4.27. The standard InChI is InChI=1S/C9H11BrN4/c1-13-4-5-14(12-7-13)9-3-2-8(10)6-11-9/h2-3,6-7H,4-5H2,1H3. The van der Waals surface area contributed by atoms with Gasteiger partial charge >= 0.3 is 0 Å². The Kier molecular flexibility index (Phi) is 2.67. The zero-order valence-corrected chi connectivity index (χ0v) is 9.48. The summed E-state index contributed by atoms with van der Waals surface area (Å²) in [5.74, 6) is 0.887. The van der Waals surface area contributed by atoms with Crippen molar-refractivity contribution in [1.29, 1.82) is 0 Å². The Morgan fingerprint density at radius 1 is 1.36 bits per heavy atom. The minimum absolute atomic E-state index is 0.877. The van der Waals surface area contributed by atoms with E-state index in [1.807, 2.05) is 30.5 Å². The molecular weight excluding hydrogens is 244 g/mol. The zero-order valence-electron chi connectivity index (χ0n) is 7.89. The molecule has 0 fully saturated rings. The van der Waals surface area contributed by atoms with Gasteiger partial charge in [0, 0.05) is 24.3 Å². The summed E-state index contributed by atoms with van der Waals surface area (Å²) in [5, 5.41) is 6.16. The molecule has 0 aliphatic carbocycles. The van der Waals surface area contributed by atoms with Gasteiger partial charge in [-0.15, -0.1) is 0 Å². The highest BCUT2D eigenvalue weighted by atomic mass is 79.9. The highest BCUT2D eigenvalue weighted by Gasteiger charge is 2.10. The van der Waals surface area contributed by atoms with Crippen LogP contribution in [0.1, 0.15) is 0 Å². The summed E-state index contributed by atoms with van der Waals surface area (Å²) < 4.78 is 0.986. The van der Waals surface area contributed by atoms with Crippen molar-refractivity contribution in [2.24, 2.45) is 5.10 Å². The molecule has 0 bridgehead atoms. The number of hydrazone groups is 1. The molecule has 1 aliphatic rings. The quantitative estimate of drug-likeness (QED) is 0.762. The minimum atomic E-state index is 0.877. The lowest BCUT2D eigenvalue weighted by atomic mass is 10.4. The number of pyridine rings is 1. The lowest BCUT2D eigenvalue weighted by Crippen LogP contribution is -2.35. The molecule has 1 aliphatic heterocycles. The van der Waals surface area contributed by atoms with E-state index >= 15 is 0 Å². The van der Waals surface area contributed by atoms with E-state index in [4.69, 9.17) is 0 Å². The largest absolute Gasteiger partial charge is 0.362 e. The highest BCUT2D eigenvalue weighted by molar-refractivity contribution is 9.10. The van der Waals surface area contributed by atoms with Crippen molar-refractivity contribution in [2.45, 2.75) is 0 Å². The molecule has 14 heavy (non-hydrogen) atoms. The molecule has 2 rings (SSSR count). The molecule has 0 spiro atoms. The second-order valence-corrected chi connectivity index (χ2v) is 4.08. The van der Waals surface area contributed by atoms with Crippen molar-refractivity contribution < 1.29 is 0 Å². The highest BCUT2D eigenvalue weighted by Crippen LogP contribution is 2.15. The van der Waals surface area contributed by atoms with Gasteiger partial charge in [-0.1, -0.05) is 0 Å². The summed E-state index contributed by atoms with van der Waals surface area (Å²) >= 11 is 3.35. The predicted molar refractivity (Wildman–Crippen MR) is 60.4 cm³/mol. The van der Waals surface area contributed by atoms with Crippen molar-refractivity contribution in [3.63, 3.8) is 0 Å². The second kappa shape index (κ2) is 3.96. The topological polar surface area (TPSA) is 31.7 Å². The fourth-order valence-corrected chi connectivity index (χ4v) is 1.45. The van der Waals surface area contributed by atoms with Gasteiger partial charge in [0.2, 0.25) is 0 Å². The number of halogens is 1. The van der Waals surface area contributed by atoms with Gasteiger partial charge in [0.25, 0.3) is 0 Å². The molecule has 0 atom stereocenters. The number of likely N-dealkylation sites (N-methyl/N-ethyl adjacent to an activating group) is 1. The van der Waals surface area contributed by atoms with Crippen LogP contribution in [0.5, 0.6) is 0 Å². The molecule has 0 aromatic carbocycles. The Labute approximate surface area is 91.4 Å². The Hall–Kier alpha value is -1.10. The van der Waals surface area contributed by atoms with Crippen LogP contribution < -0.4 is 5.01 Å². The fraction of sp³-hybridized carbons (Fsp3) is 0.333. The SMILES string of the molecule is CN1C=NN(c2ccc(Br)cn2)CC1. The molecule has 4 nitrogen and oxygen atoms in total. The normalized spacial score (nSPS) is 16.1. The van der Waals surface area contributed by atoms with Crippen molar-refractivity contribution in [2.75, 3.05) is 25.1 Å². The third kappa shape index (κ3) is 2.04. The summed E-state index contributed by atoms with van der Waals surface area (Å²) in [5.41, 5.74) is 0. The van der Waals surface area contributed by atoms with Crippen molar-refractivity contribution in [3.8, 4) is 0 Å². The molecule has 1 aromatic rings. The predicted octanol–water partition coefficient (Wildman–Crippen LogP) is 1.54. The molecule has 5 heteroatoms. The smallest absolute Gasteiger partial charge is 0.148 e. The maximum absolute atomic E-state index is 4.27. The van der Waals surface area contributed by atoms with E-state index in [0.29, 0.717) is 0 Å². The first-order chi connectivity index (χ1) is 6.75. The summed E-state index contributed by atoms with van der Waals surface area (Å²) in [6.45, 7) is 1.85. The lowest BCUT2D eigenvalue weighted by Gasteiger charge is -2.26. The van der Waals surface area contributed by atoms with Crippen molar-refractivity contribution in [3.05, 3.63) is 22.8 Å². The maximum Gasteiger partial charge on any atom is 0.148 e. The van der Waals surface area contributed by atoms with Crippen LogP contribution in [0.25, 0.3) is 0 Å². The van der Waals surface area contributed by atoms with E-state index in [1.54, 1.807) is 6.20 Å². The Morgan fingerprint density at radius 2 is 2.21 bits per heavy atom. The van der Waals surface area contributed by atoms with Gasteiger partial charge in [0.15, 0.2) is 0 Å². The number of anilines is 1. The van der Waals surface area contributed by atoms with E-state index in [0.717, 1.165) is 23.4 Å². The summed E-state index contributed by atoms with van der Waals surface area (Å²) in [6, 6.07) is 3.92. The molecule has 2 heterocycles. The van der Waals surface area contributed by atoms with Crippen LogP contribution in [0.2, 0.25) is 0 Å². The van der Waals surface area contributed by atoms with Crippen LogP contribution in [-0.4, -0.2) is 36.4 Å². The van der Waals surface area contributed by atoms with Crippen molar-refractivity contribution in [1.82, 2.24) is 9.88 Å². The molecule has 74 valence electrons. The summed E-state index contributed by atoms with van der Waals surface area (Å²) in [6.07, 6.45) is 3.59. The number of hydrogen-bond acceptors (Lipinski definition) is 4. The number of nitrogens with zero attached hydrogens (tertiary/aromatic N) is 4. The third-order valence-corrected chi connectivity index (χ3v) is 2.50. The molecular formula is C9H11BrN4. The Morgan fingerprint density at radius 3 is 2.79 bits per heavy atom. The molecule has 0 amide bonds. The van der Waals surface area contributed by atoms with E-state index in [2.05, 4.69) is 30.9 Å². The average Bonchev–Trinajstić information content (AvgIpc) is 2.21. The van der Waals surface area contributed by atoms with Gasteiger partial charge in [-0.3, -0.25) is 0 Å². The van der Waals surface area contributed by atoms with Crippen LogP contribution in [-0.2, 0) is 0 Å². The van der Waals surface area contributed by atoms with Crippen LogP contribution in [0.15, 0.2) is 27.9 Å². The van der Waals surface area contributed by atoms with Crippen LogP contribution >= 0.6 is 15.9 Å². The molecule has 0 N–H and O–H groups in total. The minimum Gasteiger partial charge on any atom is -0.362 e. The van der Waals surface area contributed by atoms with E-state index in [-0.39, 0.29) is 0 Å². The monoisotopic (exact) mass is 254 g/mol.